The molecule has 2 rings (SSSR count). The second-order valence-electron chi connectivity index (χ2n) is 6.07. The van der Waals surface area contributed by atoms with Crippen LogP contribution in [0, 0.1) is 0 Å². The first-order chi connectivity index (χ1) is 11.3. The third kappa shape index (κ3) is 4.71. The maximum Gasteiger partial charge on any atom is 0.254 e. The number of amides is 1. The van der Waals surface area contributed by atoms with Gasteiger partial charge in [0.25, 0.3) is 5.91 Å². The largest absolute Gasteiger partial charge is 0.489 e. The van der Waals surface area contributed by atoms with E-state index in [-0.39, 0.29) is 23.5 Å². The van der Waals surface area contributed by atoms with Gasteiger partial charge in [-0.2, -0.15) is 0 Å². The molecule has 1 amide bonds. The van der Waals surface area contributed by atoms with E-state index >= 15 is 0 Å². The smallest absolute Gasteiger partial charge is 0.254 e. The van der Waals surface area contributed by atoms with Crippen molar-refractivity contribution in [2.45, 2.75) is 19.4 Å². The number of nitrogens with zero attached hydrogens (tertiary/aromatic N) is 1. The molecule has 24 heavy (non-hydrogen) atoms. The van der Waals surface area contributed by atoms with Gasteiger partial charge >= 0.3 is 0 Å². The maximum absolute atomic E-state index is 12.7. The first-order valence-electron chi connectivity index (χ1n) is 7.82. The highest BCUT2D eigenvalue weighted by Crippen LogP contribution is 2.21. The topological polar surface area (TPSA) is 63.7 Å². The molecule has 1 fully saturated rings. The fourth-order valence-corrected chi connectivity index (χ4v) is 4.35. The summed E-state index contributed by atoms with van der Waals surface area (Å²) in [5, 5.41) is 0. The average Bonchev–Trinajstić information content (AvgIpc) is 2.90. The molecule has 1 heterocycles. The first-order valence-corrected chi connectivity index (χ1v) is 9.64. The van der Waals surface area contributed by atoms with E-state index in [4.69, 9.17) is 4.74 Å². The minimum Gasteiger partial charge on any atom is -0.489 e. The number of sulfone groups is 1. The van der Waals surface area contributed by atoms with Gasteiger partial charge in [-0.15, -0.1) is 6.58 Å². The summed E-state index contributed by atoms with van der Waals surface area (Å²) >= 11 is 0. The Hall–Kier alpha value is -2.08. The molecule has 0 aliphatic carbocycles. The molecule has 0 aromatic heterocycles. The minimum absolute atomic E-state index is 0.0202. The summed E-state index contributed by atoms with van der Waals surface area (Å²) in [4.78, 5) is 14.3. The van der Waals surface area contributed by atoms with Crippen molar-refractivity contribution >= 4 is 15.7 Å². The Morgan fingerprint density at radius 2 is 2.04 bits per heavy atom. The standard InChI is InChI=1S/C18H23NO4S/c1-4-10-19(16-9-11-24(21,22)13-16)18(20)15-5-7-17(8-6-15)23-12-14(2)3/h4-8,16H,1-2,9-13H2,3H3. The highest BCUT2D eigenvalue weighted by molar-refractivity contribution is 7.91. The summed E-state index contributed by atoms with van der Waals surface area (Å²) in [6, 6.07) is 6.55. The highest BCUT2D eigenvalue weighted by Gasteiger charge is 2.34. The number of ether oxygens (including phenoxy) is 1. The summed E-state index contributed by atoms with van der Waals surface area (Å²) < 4.78 is 28.9. The van der Waals surface area contributed by atoms with Gasteiger partial charge in [0, 0.05) is 18.2 Å². The normalized spacial score (nSPS) is 18.8. The SMILES string of the molecule is C=CCN(C(=O)c1ccc(OCC(=C)C)cc1)C1CCS(=O)(=O)C1. The van der Waals surface area contributed by atoms with Gasteiger partial charge in [-0.1, -0.05) is 12.7 Å². The average molecular weight is 349 g/mol. The third-order valence-electron chi connectivity index (χ3n) is 3.82. The lowest BCUT2D eigenvalue weighted by Crippen LogP contribution is -2.41. The maximum atomic E-state index is 12.7. The molecule has 1 aliphatic heterocycles. The van der Waals surface area contributed by atoms with Gasteiger partial charge in [-0.05, 0) is 43.2 Å². The van der Waals surface area contributed by atoms with Gasteiger partial charge in [0.1, 0.15) is 12.4 Å². The molecule has 1 aliphatic rings. The zero-order chi connectivity index (χ0) is 17.7. The van der Waals surface area contributed by atoms with Crippen molar-refractivity contribution < 1.29 is 17.9 Å². The van der Waals surface area contributed by atoms with Crippen LogP contribution in [-0.2, 0) is 9.84 Å². The Morgan fingerprint density at radius 3 is 2.54 bits per heavy atom. The van der Waals surface area contributed by atoms with Crippen molar-refractivity contribution in [3.8, 4) is 5.75 Å². The lowest BCUT2D eigenvalue weighted by molar-refractivity contribution is 0.0720. The molecule has 0 N–H and O–H groups in total. The Bertz CT molecular complexity index is 722. The van der Waals surface area contributed by atoms with Crippen LogP contribution in [0.25, 0.3) is 0 Å². The van der Waals surface area contributed by atoms with Crippen molar-refractivity contribution in [3.63, 3.8) is 0 Å². The zero-order valence-electron chi connectivity index (χ0n) is 13.9. The van der Waals surface area contributed by atoms with Crippen LogP contribution in [0.1, 0.15) is 23.7 Å². The van der Waals surface area contributed by atoms with Crippen LogP contribution < -0.4 is 4.74 Å². The highest BCUT2D eigenvalue weighted by atomic mass is 32.2. The van der Waals surface area contributed by atoms with Crippen molar-refractivity contribution in [1.29, 1.82) is 0 Å². The number of rotatable bonds is 7. The molecule has 130 valence electrons. The van der Waals surface area contributed by atoms with Crippen molar-refractivity contribution in [2.75, 3.05) is 24.7 Å². The summed E-state index contributed by atoms with van der Waals surface area (Å²) in [7, 11) is -3.05. The van der Waals surface area contributed by atoms with Crippen LogP contribution in [0.2, 0.25) is 0 Å². The number of carbonyl (C=O) groups is 1. The first kappa shape index (κ1) is 18.3. The Morgan fingerprint density at radius 1 is 1.38 bits per heavy atom. The van der Waals surface area contributed by atoms with Crippen molar-refractivity contribution in [2.24, 2.45) is 0 Å². The number of hydrogen-bond acceptors (Lipinski definition) is 4. The van der Waals surface area contributed by atoms with E-state index in [1.807, 2.05) is 6.92 Å². The molecule has 1 saturated heterocycles. The van der Waals surface area contributed by atoms with Crippen molar-refractivity contribution in [3.05, 3.63) is 54.6 Å². The van der Waals surface area contributed by atoms with E-state index in [0.717, 1.165) is 5.57 Å². The van der Waals surface area contributed by atoms with E-state index < -0.39 is 9.84 Å². The van der Waals surface area contributed by atoms with E-state index in [1.165, 1.54) is 0 Å². The van der Waals surface area contributed by atoms with Crippen LogP contribution in [0.15, 0.2) is 49.1 Å². The lowest BCUT2D eigenvalue weighted by atomic mass is 10.1. The number of hydrogen-bond donors (Lipinski definition) is 0. The molecule has 0 saturated carbocycles. The van der Waals surface area contributed by atoms with Crippen LogP contribution in [0.4, 0.5) is 0 Å². The molecule has 1 aromatic carbocycles. The Kier molecular flexibility index (Phi) is 5.83. The predicted octanol–water partition coefficient (Wildman–Crippen LogP) is 2.46. The summed E-state index contributed by atoms with van der Waals surface area (Å²) in [5.74, 6) is 0.621. The summed E-state index contributed by atoms with van der Waals surface area (Å²) in [6.45, 7) is 10.1. The summed E-state index contributed by atoms with van der Waals surface area (Å²) in [5.41, 5.74) is 1.42. The van der Waals surface area contributed by atoms with Gasteiger partial charge in [-0.25, -0.2) is 8.42 Å². The summed E-state index contributed by atoms with van der Waals surface area (Å²) in [6.07, 6.45) is 2.09. The van der Waals surface area contributed by atoms with Crippen LogP contribution in [-0.4, -0.2) is 49.9 Å². The Balaban J connectivity index is 2.12. The molecule has 1 unspecified atom stereocenters. The molecule has 6 heteroatoms. The van der Waals surface area contributed by atoms with Crippen LogP contribution in [0.3, 0.4) is 0 Å². The van der Waals surface area contributed by atoms with Gasteiger partial charge in [0.2, 0.25) is 0 Å². The van der Waals surface area contributed by atoms with Gasteiger partial charge in [0.15, 0.2) is 9.84 Å². The predicted molar refractivity (Wildman–Crippen MR) is 95.0 cm³/mol. The second-order valence-corrected chi connectivity index (χ2v) is 8.30. The second kappa shape index (κ2) is 7.66. The molecular weight excluding hydrogens is 326 g/mol. The Labute approximate surface area is 143 Å². The molecule has 0 spiro atoms. The minimum atomic E-state index is -3.05. The van der Waals surface area contributed by atoms with Gasteiger partial charge < -0.3 is 9.64 Å². The van der Waals surface area contributed by atoms with Gasteiger partial charge in [0.05, 0.1) is 11.5 Å². The number of carbonyl (C=O) groups excluding carboxylic acids is 1. The zero-order valence-corrected chi connectivity index (χ0v) is 14.7. The molecule has 1 aromatic rings. The van der Waals surface area contributed by atoms with E-state index in [1.54, 1.807) is 35.2 Å². The molecule has 1 atom stereocenters. The van der Waals surface area contributed by atoms with E-state index in [9.17, 15) is 13.2 Å². The molecule has 5 nitrogen and oxygen atoms in total. The van der Waals surface area contributed by atoms with Gasteiger partial charge in [-0.3, -0.25) is 4.79 Å². The molecule has 0 bridgehead atoms. The monoisotopic (exact) mass is 349 g/mol. The molecular formula is C18H23NO4S. The lowest BCUT2D eigenvalue weighted by Gasteiger charge is -2.27. The number of benzene rings is 1. The third-order valence-corrected chi connectivity index (χ3v) is 5.57. The van der Waals surface area contributed by atoms with E-state index in [2.05, 4.69) is 13.2 Å². The fourth-order valence-electron chi connectivity index (χ4n) is 2.62. The molecule has 0 radical (unpaired) electrons. The quantitative estimate of drug-likeness (QED) is 0.710. The fraction of sp³-hybridized carbons (Fsp3) is 0.389. The van der Waals surface area contributed by atoms with E-state index in [0.29, 0.717) is 30.9 Å². The van der Waals surface area contributed by atoms with Crippen LogP contribution >= 0.6 is 0 Å². The van der Waals surface area contributed by atoms with Crippen LogP contribution in [0.5, 0.6) is 5.75 Å². The van der Waals surface area contributed by atoms with Crippen molar-refractivity contribution in [1.82, 2.24) is 4.90 Å².